The van der Waals surface area contributed by atoms with Gasteiger partial charge in [-0.25, -0.2) is 21.6 Å². The maximum atomic E-state index is 13.9. The van der Waals surface area contributed by atoms with E-state index < -0.39 is 32.4 Å². The molecule has 0 aromatic heterocycles. The predicted molar refractivity (Wildman–Crippen MR) is 99.3 cm³/mol. The van der Waals surface area contributed by atoms with Gasteiger partial charge < -0.3 is 10.2 Å². The molecule has 0 saturated carbocycles. The number of piperazine rings is 1. The standard InChI is InChI=1S/C17H16F3N3O2S2/c18-12-5-6-14(20)16(11-12)27(24,25)23-9-7-22(8-10-23)17(26)21-15-4-2-1-3-13(15)19/h1-6,11H,7-10H2,(H,21,26). The van der Waals surface area contributed by atoms with Gasteiger partial charge in [-0.15, -0.1) is 0 Å². The molecule has 0 bridgehead atoms. The molecule has 1 aliphatic rings. The second kappa shape index (κ2) is 7.83. The maximum Gasteiger partial charge on any atom is 0.246 e. The molecule has 5 nitrogen and oxygen atoms in total. The third-order valence-corrected chi connectivity index (χ3v) is 6.43. The number of hydrogen-bond donors (Lipinski definition) is 1. The zero-order chi connectivity index (χ0) is 19.6. The molecule has 0 radical (unpaired) electrons. The van der Waals surface area contributed by atoms with E-state index in [4.69, 9.17) is 12.2 Å². The van der Waals surface area contributed by atoms with Crippen molar-refractivity contribution < 1.29 is 21.6 Å². The second-order valence-corrected chi connectivity index (χ2v) is 8.17. The molecule has 0 atom stereocenters. The number of thiocarbonyl (C=S) groups is 1. The summed E-state index contributed by atoms with van der Waals surface area (Å²) in [6.07, 6.45) is 0. The number of rotatable bonds is 3. The van der Waals surface area contributed by atoms with E-state index in [2.05, 4.69) is 5.32 Å². The normalized spacial score (nSPS) is 15.6. The second-order valence-electron chi connectivity index (χ2n) is 5.88. The first-order valence-corrected chi connectivity index (χ1v) is 9.89. The maximum absolute atomic E-state index is 13.9. The lowest BCUT2D eigenvalue weighted by atomic mass is 10.3. The Labute approximate surface area is 160 Å². The number of nitrogens with zero attached hydrogens (tertiary/aromatic N) is 2. The van der Waals surface area contributed by atoms with Crippen molar-refractivity contribution in [2.45, 2.75) is 4.90 Å². The van der Waals surface area contributed by atoms with Crippen LogP contribution >= 0.6 is 12.2 Å². The smallest absolute Gasteiger partial charge is 0.246 e. The van der Waals surface area contributed by atoms with Crippen molar-refractivity contribution in [3.63, 3.8) is 0 Å². The summed E-state index contributed by atoms with van der Waals surface area (Å²) < 4.78 is 67.1. The minimum absolute atomic E-state index is 0.0391. The van der Waals surface area contributed by atoms with Crippen LogP contribution in [0.2, 0.25) is 0 Å². The molecule has 3 rings (SSSR count). The van der Waals surface area contributed by atoms with Gasteiger partial charge in [0.15, 0.2) is 5.11 Å². The molecule has 1 fully saturated rings. The van der Waals surface area contributed by atoms with E-state index in [1.807, 2.05) is 0 Å². The third kappa shape index (κ3) is 4.23. The van der Waals surface area contributed by atoms with Gasteiger partial charge in [0.05, 0.1) is 5.69 Å². The van der Waals surface area contributed by atoms with Crippen LogP contribution in [0.1, 0.15) is 0 Å². The molecule has 27 heavy (non-hydrogen) atoms. The van der Waals surface area contributed by atoms with Gasteiger partial charge in [-0.2, -0.15) is 4.31 Å². The highest BCUT2D eigenvalue weighted by Crippen LogP contribution is 2.22. The Hall–Kier alpha value is -2.17. The van der Waals surface area contributed by atoms with Crippen molar-refractivity contribution >= 4 is 33.0 Å². The van der Waals surface area contributed by atoms with Crippen molar-refractivity contribution in [3.8, 4) is 0 Å². The Morgan fingerprint density at radius 3 is 2.30 bits per heavy atom. The van der Waals surface area contributed by atoms with Gasteiger partial charge in [0.2, 0.25) is 10.0 Å². The fourth-order valence-corrected chi connectivity index (χ4v) is 4.49. The highest BCUT2D eigenvalue weighted by atomic mass is 32.2. The van der Waals surface area contributed by atoms with Gasteiger partial charge in [-0.3, -0.25) is 0 Å². The summed E-state index contributed by atoms with van der Waals surface area (Å²) in [7, 11) is -4.16. The molecule has 2 aromatic carbocycles. The average molecular weight is 415 g/mol. The molecular formula is C17H16F3N3O2S2. The van der Waals surface area contributed by atoms with Crippen molar-refractivity contribution in [1.29, 1.82) is 0 Å². The Morgan fingerprint density at radius 2 is 1.63 bits per heavy atom. The molecule has 1 saturated heterocycles. The van der Waals surface area contributed by atoms with Gasteiger partial charge in [0.1, 0.15) is 22.3 Å². The highest BCUT2D eigenvalue weighted by molar-refractivity contribution is 7.89. The van der Waals surface area contributed by atoms with Gasteiger partial charge in [0.25, 0.3) is 0 Å². The predicted octanol–water partition coefficient (Wildman–Crippen LogP) is 2.81. The van der Waals surface area contributed by atoms with Crippen molar-refractivity contribution in [2.75, 3.05) is 31.5 Å². The third-order valence-electron chi connectivity index (χ3n) is 4.15. The number of sulfonamides is 1. The van der Waals surface area contributed by atoms with Crippen LogP contribution in [0, 0.1) is 17.5 Å². The van der Waals surface area contributed by atoms with E-state index in [0.717, 1.165) is 16.4 Å². The number of anilines is 1. The number of hydrogen-bond acceptors (Lipinski definition) is 3. The highest BCUT2D eigenvalue weighted by Gasteiger charge is 2.31. The Kier molecular flexibility index (Phi) is 5.68. The van der Waals surface area contributed by atoms with Crippen LogP contribution in [0.3, 0.4) is 0 Å². The van der Waals surface area contributed by atoms with Crippen molar-refractivity contribution in [1.82, 2.24) is 9.21 Å². The Balaban J connectivity index is 1.67. The van der Waals surface area contributed by atoms with Crippen LogP contribution in [0.15, 0.2) is 47.4 Å². The zero-order valence-corrected chi connectivity index (χ0v) is 15.7. The number of nitrogens with one attached hydrogen (secondary N) is 1. The summed E-state index contributed by atoms with van der Waals surface area (Å²) in [4.78, 5) is 0.999. The number of halogens is 3. The minimum atomic E-state index is -4.16. The molecule has 0 spiro atoms. The van der Waals surface area contributed by atoms with E-state index >= 15 is 0 Å². The van der Waals surface area contributed by atoms with Gasteiger partial charge in [-0.05, 0) is 42.5 Å². The first kappa shape index (κ1) is 19.6. The van der Waals surface area contributed by atoms with E-state index in [0.29, 0.717) is 6.07 Å². The number of benzene rings is 2. The topological polar surface area (TPSA) is 52.7 Å². The van der Waals surface area contributed by atoms with Crippen LogP contribution in [-0.2, 0) is 10.0 Å². The SMILES string of the molecule is O=S(=O)(c1cc(F)ccc1F)N1CCN(C(=S)Nc2ccccc2F)CC1. The quantitative estimate of drug-likeness (QED) is 0.782. The van der Waals surface area contributed by atoms with Crippen molar-refractivity contribution in [3.05, 3.63) is 59.9 Å². The first-order valence-electron chi connectivity index (χ1n) is 8.05. The summed E-state index contributed by atoms with van der Waals surface area (Å²) >= 11 is 5.25. The lowest BCUT2D eigenvalue weighted by molar-refractivity contribution is 0.268. The van der Waals surface area contributed by atoms with E-state index in [-0.39, 0.29) is 37.0 Å². The van der Waals surface area contributed by atoms with Gasteiger partial charge in [0, 0.05) is 26.2 Å². The molecule has 0 unspecified atom stereocenters. The molecule has 10 heteroatoms. The van der Waals surface area contributed by atoms with Crippen LogP contribution in [-0.4, -0.2) is 48.9 Å². The molecule has 0 amide bonds. The molecule has 1 heterocycles. The molecule has 1 N–H and O–H groups in total. The lowest BCUT2D eigenvalue weighted by Crippen LogP contribution is -2.51. The molecule has 144 valence electrons. The Morgan fingerprint density at radius 1 is 0.963 bits per heavy atom. The monoisotopic (exact) mass is 415 g/mol. The van der Waals surface area contributed by atoms with E-state index in [1.54, 1.807) is 17.0 Å². The molecule has 2 aromatic rings. The Bertz CT molecular complexity index is 962. The largest absolute Gasteiger partial charge is 0.346 e. The summed E-state index contributed by atoms with van der Waals surface area (Å²) in [5.41, 5.74) is 0.222. The van der Waals surface area contributed by atoms with E-state index in [9.17, 15) is 21.6 Å². The lowest BCUT2D eigenvalue weighted by Gasteiger charge is -2.35. The van der Waals surface area contributed by atoms with Crippen molar-refractivity contribution in [2.24, 2.45) is 0 Å². The summed E-state index contributed by atoms with van der Waals surface area (Å²) in [5, 5.41) is 3.04. The van der Waals surface area contributed by atoms with E-state index in [1.165, 1.54) is 12.1 Å². The van der Waals surface area contributed by atoms with Crippen LogP contribution < -0.4 is 5.32 Å². The van der Waals surface area contributed by atoms with Gasteiger partial charge >= 0.3 is 0 Å². The minimum Gasteiger partial charge on any atom is -0.346 e. The average Bonchev–Trinajstić information content (AvgIpc) is 2.65. The van der Waals surface area contributed by atoms with Crippen LogP contribution in [0.5, 0.6) is 0 Å². The summed E-state index contributed by atoms with van der Waals surface area (Å²) in [6, 6.07) is 8.36. The molecule has 0 aliphatic carbocycles. The number of para-hydroxylation sites is 1. The summed E-state index contributed by atoms with van der Waals surface area (Å²) in [5.74, 6) is -2.29. The molecule has 1 aliphatic heterocycles. The molecular weight excluding hydrogens is 399 g/mol. The van der Waals surface area contributed by atoms with Crippen LogP contribution in [0.4, 0.5) is 18.9 Å². The van der Waals surface area contributed by atoms with Gasteiger partial charge in [-0.1, -0.05) is 12.1 Å². The fourth-order valence-electron chi connectivity index (χ4n) is 2.70. The summed E-state index contributed by atoms with van der Waals surface area (Å²) in [6.45, 7) is 0.543. The first-order chi connectivity index (χ1) is 12.8. The zero-order valence-electron chi connectivity index (χ0n) is 14.0. The van der Waals surface area contributed by atoms with Crippen LogP contribution in [0.25, 0.3) is 0 Å². The fraction of sp³-hybridized carbons (Fsp3) is 0.235.